The van der Waals surface area contributed by atoms with Gasteiger partial charge in [-0.2, -0.15) is 0 Å². The van der Waals surface area contributed by atoms with Crippen LogP contribution in [0.5, 0.6) is 0 Å². The van der Waals surface area contributed by atoms with Gasteiger partial charge in [0.2, 0.25) is 5.91 Å². The van der Waals surface area contributed by atoms with Crippen LogP contribution < -0.4 is 0 Å². The first-order valence-corrected chi connectivity index (χ1v) is 10.0. The van der Waals surface area contributed by atoms with Gasteiger partial charge in [0.15, 0.2) is 5.82 Å². The summed E-state index contributed by atoms with van der Waals surface area (Å²) in [6.07, 6.45) is 12.0. The number of aromatic nitrogens is 3. The molecule has 6 heteroatoms. The first-order chi connectivity index (χ1) is 13.7. The van der Waals surface area contributed by atoms with Gasteiger partial charge in [-0.3, -0.25) is 4.79 Å². The summed E-state index contributed by atoms with van der Waals surface area (Å²) in [6, 6.07) is 1.99. The minimum Gasteiger partial charge on any atom is -0.339 e. The van der Waals surface area contributed by atoms with Crippen molar-refractivity contribution in [3.8, 4) is 11.8 Å². The summed E-state index contributed by atoms with van der Waals surface area (Å²) in [6.45, 7) is 4.97. The van der Waals surface area contributed by atoms with Crippen molar-refractivity contribution in [1.29, 1.82) is 0 Å². The fourth-order valence-electron chi connectivity index (χ4n) is 3.94. The molecule has 0 spiro atoms. The lowest BCUT2D eigenvalue weighted by Gasteiger charge is -2.15. The number of amides is 1. The van der Waals surface area contributed by atoms with Crippen LogP contribution in [0.4, 0.5) is 5.82 Å². The smallest absolute Gasteiger partial charge is 0.245 e. The summed E-state index contributed by atoms with van der Waals surface area (Å²) in [7, 11) is 0. The molecule has 1 amide bonds. The molecule has 3 heterocycles. The van der Waals surface area contributed by atoms with E-state index in [1.165, 1.54) is 44.5 Å². The van der Waals surface area contributed by atoms with Crippen molar-refractivity contribution in [1.82, 2.24) is 19.9 Å². The molecule has 1 aliphatic carbocycles. The van der Waals surface area contributed by atoms with Gasteiger partial charge in [-0.05, 0) is 37.3 Å². The molecule has 0 radical (unpaired) electrons. The predicted octanol–water partition coefficient (Wildman–Crippen LogP) is 3.63. The molecule has 2 aromatic heterocycles. The Hall–Kier alpha value is -2.94. The lowest BCUT2D eigenvalue weighted by Crippen LogP contribution is -2.26. The van der Waals surface area contributed by atoms with Crippen LogP contribution in [0.1, 0.15) is 44.2 Å². The molecular formula is C22H25N5O. The topological polar surface area (TPSA) is 74.2 Å². The van der Waals surface area contributed by atoms with E-state index in [0.717, 1.165) is 29.7 Å². The summed E-state index contributed by atoms with van der Waals surface area (Å²) in [5.74, 6) is 8.04. The van der Waals surface area contributed by atoms with E-state index in [1.807, 2.05) is 12.3 Å². The van der Waals surface area contributed by atoms with E-state index in [2.05, 4.69) is 38.4 Å². The molecule has 2 fully saturated rings. The van der Waals surface area contributed by atoms with Gasteiger partial charge in [0.1, 0.15) is 12.0 Å². The number of nitrogens with zero attached hydrogens (tertiary/aromatic N) is 4. The maximum Gasteiger partial charge on any atom is 0.245 e. The van der Waals surface area contributed by atoms with E-state index in [9.17, 15) is 4.79 Å². The zero-order valence-corrected chi connectivity index (χ0v) is 16.0. The number of carbonyl (C=O) groups is 1. The molecule has 1 saturated heterocycles. The molecule has 2 aromatic rings. The largest absolute Gasteiger partial charge is 0.339 e. The molecule has 1 unspecified atom stereocenters. The van der Waals surface area contributed by atoms with Crippen molar-refractivity contribution in [3.63, 3.8) is 0 Å². The van der Waals surface area contributed by atoms with Gasteiger partial charge >= 0.3 is 0 Å². The molecule has 6 nitrogen and oxygen atoms in total. The number of aromatic amines is 1. The van der Waals surface area contributed by atoms with Crippen molar-refractivity contribution in [2.45, 2.75) is 38.5 Å². The van der Waals surface area contributed by atoms with E-state index in [0.29, 0.717) is 18.3 Å². The van der Waals surface area contributed by atoms with Crippen LogP contribution in [0.2, 0.25) is 0 Å². The van der Waals surface area contributed by atoms with Gasteiger partial charge in [0.25, 0.3) is 0 Å². The molecule has 1 saturated carbocycles. The second-order valence-electron chi connectivity index (χ2n) is 7.56. The van der Waals surface area contributed by atoms with Crippen LogP contribution in [0.3, 0.4) is 0 Å². The summed E-state index contributed by atoms with van der Waals surface area (Å²) in [5, 5.41) is 0.878. The Labute approximate surface area is 165 Å². The normalized spacial score (nSPS) is 20.4. The Bertz CT molecular complexity index is 958. The minimum atomic E-state index is -0.0212. The Morgan fingerprint density at radius 1 is 1.29 bits per heavy atom. The van der Waals surface area contributed by atoms with E-state index >= 15 is 0 Å². The Balaban J connectivity index is 1.49. The third kappa shape index (κ3) is 4.14. The summed E-state index contributed by atoms with van der Waals surface area (Å²) in [5.41, 5.74) is 1.62. The standard InChI is InChI=1S/C22H25N5O/c1-2-20(28)27-11-10-17(14-27)13-23-21-19-12-18(26-22(19)25-15-24-21)9-8-16-6-4-3-5-7-16/h2,12-13,15-17H,1,3-7,10-11,14H2,(H,24,25,26). The number of fused-ring (bicyclic) bond motifs is 1. The number of carbonyl (C=O) groups excluding carboxylic acids is 1. The Morgan fingerprint density at radius 3 is 2.96 bits per heavy atom. The second kappa shape index (κ2) is 8.39. The van der Waals surface area contributed by atoms with Crippen LogP contribution in [0.25, 0.3) is 11.0 Å². The first kappa shape index (κ1) is 18.4. The maximum atomic E-state index is 11.7. The average molecular weight is 375 g/mol. The molecule has 1 N–H and O–H groups in total. The van der Waals surface area contributed by atoms with Crippen molar-refractivity contribution >= 4 is 29.0 Å². The van der Waals surface area contributed by atoms with E-state index < -0.39 is 0 Å². The molecule has 0 bridgehead atoms. The molecule has 1 aliphatic heterocycles. The predicted molar refractivity (Wildman–Crippen MR) is 110 cm³/mol. The van der Waals surface area contributed by atoms with Crippen molar-refractivity contribution in [2.24, 2.45) is 16.8 Å². The highest BCUT2D eigenvalue weighted by Crippen LogP contribution is 2.25. The third-order valence-electron chi connectivity index (χ3n) is 5.54. The van der Waals surface area contributed by atoms with Crippen molar-refractivity contribution in [2.75, 3.05) is 13.1 Å². The second-order valence-corrected chi connectivity index (χ2v) is 7.56. The molecule has 144 valence electrons. The SMILES string of the molecule is C=CC(=O)N1CCC(C=Nc2ncnc3[nH]c(C#CC4CCCCC4)cc23)C1. The summed E-state index contributed by atoms with van der Waals surface area (Å²) < 4.78 is 0. The number of rotatable bonds is 3. The summed E-state index contributed by atoms with van der Waals surface area (Å²) in [4.78, 5) is 30.0. The van der Waals surface area contributed by atoms with Gasteiger partial charge in [0.05, 0.1) is 11.1 Å². The average Bonchev–Trinajstić information content (AvgIpc) is 3.38. The van der Waals surface area contributed by atoms with Crippen LogP contribution in [-0.2, 0) is 4.79 Å². The fraction of sp³-hybridized carbons (Fsp3) is 0.455. The molecule has 1 atom stereocenters. The van der Waals surface area contributed by atoms with Crippen LogP contribution in [0, 0.1) is 23.7 Å². The van der Waals surface area contributed by atoms with Crippen LogP contribution in [-0.4, -0.2) is 45.1 Å². The van der Waals surface area contributed by atoms with Crippen molar-refractivity contribution < 1.29 is 4.79 Å². The van der Waals surface area contributed by atoms with Crippen molar-refractivity contribution in [3.05, 3.63) is 30.7 Å². The number of aliphatic imine (C=N–C) groups is 1. The first-order valence-electron chi connectivity index (χ1n) is 10.0. The van der Waals surface area contributed by atoms with E-state index in [1.54, 1.807) is 4.90 Å². The lowest BCUT2D eigenvalue weighted by molar-refractivity contribution is -0.125. The van der Waals surface area contributed by atoms with Gasteiger partial charge < -0.3 is 9.88 Å². The monoisotopic (exact) mass is 375 g/mol. The molecule has 4 rings (SSSR count). The van der Waals surface area contributed by atoms with Gasteiger partial charge in [0, 0.05) is 31.1 Å². The maximum absolute atomic E-state index is 11.7. The van der Waals surface area contributed by atoms with Gasteiger partial charge in [-0.1, -0.05) is 31.8 Å². The number of nitrogens with one attached hydrogen (secondary N) is 1. The van der Waals surface area contributed by atoms with E-state index in [-0.39, 0.29) is 11.8 Å². The Morgan fingerprint density at radius 2 is 2.14 bits per heavy atom. The van der Waals surface area contributed by atoms with Gasteiger partial charge in [-0.15, -0.1) is 0 Å². The van der Waals surface area contributed by atoms with Gasteiger partial charge in [-0.25, -0.2) is 15.0 Å². The zero-order valence-electron chi connectivity index (χ0n) is 16.0. The number of hydrogen-bond donors (Lipinski definition) is 1. The minimum absolute atomic E-state index is 0.0212. The number of likely N-dealkylation sites (tertiary alicyclic amines) is 1. The number of hydrogen-bond acceptors (Lipinski definition) is 4. The summed E-state index contributed by atoms with van der Waals surface area (Å²) >= 11 is 0. The quantitative estimate of drug-likeness (QED) is 0.506. The third-order valence-corrected chi connectivity index (χ3v) is 5.54. The molecule has 2 aliphatic rings. The van der Waals surface area contributed by atoms with E-state index in [4.69, 9.17) is 0 Å². The highest BCUT2D eigenvalue weighted by molar-refractivity contribution is 5.89. The molecule has 28 heavy (non-hydrogen) atoms. The van der Waals surface area contributed by atoms with Crippen LogP contribution in [0.15, 0.2) is 30.0 Å². The molecule has 0 aromatic carbocycles. The number of H-pyrrole nitrogens is 1. The highest BCUT2D eigenvalue weighted by Gasteiger charge is 2.23. The lowest BCUT2D eigenvalue weighted by atomic mass is 9.90. The Kier molecular flexibility index (Phi) is 5.52. The highest BCUT2D eigenvalue weighted by atomic mass is 16.2. The van der Waals surface area contributed by atoms with Crippen LogP contribution >= 0.6 is 0 Å². The zero-order chi connectivity index (χ0) is 19.3. The fourth-order valence-corrected chi connectivity index (χ4v) is 3.94. The molecular weight excluding hydrogens is 350 g/mol.